The number of hydrogen-bond donors (Lipinski definition) is 2. The molecular formula is C30H50O4. The van der Waals surface area contributed by atoms with E-state index in [0.717, 1.165) is 25.7 Å². The maximum absolute atomic E-state index is 11.6. The minimum atomic E-state index is -0.795. The summed E-state index contributed by atoms with van der Waals surface area (Å²) in [7, 11) is 0. The third-order valence-electron chi connectivity index (χ3n) is 12.0. The van der Waals surface area contributed by atoms with Gasteiger partial charge in [-0.15, -0.1) is 0 Å². The molecule has 0 radical (unpaired) electrons. The Labute approximate surface area is 207 Å². The second kappa shape index (κ2) is 8.33. The number of hydrogen-bond acceptors (Lipinski definition) is 3. The van der Waals surface area contributed by atoms with Gasteiger partial charge in [0, 0.05) is 6.42 Å². The molecule has 0 aromatic carbocycles. The summed E-state index contributed by atoms with van der Waals surface area (Å²) in [6.07, 6.45) is 10.0. The van der Waals surface area contributed by atoms with Crippen molar-refractivity contribution < 1.29 is 19.7 Å². The fourth-order valence-corrected chi connectivity index (χ4v) is 10.0. The van der Waals surface area contributed by atoms with Crippen LogP contribution >= 0.6 is 0 Å². The zero-order valence-electron chi connectivity index (χ0n) is 22.9. The zero-order valence-corrected chi connectivity index (χ0v) is 22.9. The number of allylic oxidation sites excluding steroid dienone is 1. The number of carboxylic acids is 1. The molecule has 0 amide bonds. The molecule has 1 heterocycles. The predicted octanol–water partition coefficient (Wildman–Crippen LogP) is 7.00. The third-order valence-corrected chi connectivity index (χ3v) is 12.0. The highest BCUT2D eigenvalue weighted by Crippen LogP contribution is 2.74. The topological polar surface area (TPSA) is 66.8 Å². The maximum Gasteiger partial charge on any atom is 0.303 e. The van der Waals surface area contributed by atoms with Crippen molar-refractivity contribution in [3.05, 3.63) is 12.2 Å². The van der Waals surface area contributed by atoms with Gasteiger partial charge in [0.15, 0.2) is 0 Å². The van der Waals surface area contributed by atoms with Crippen LogP contribution in [0.2, 0.25) is 0 Å². The molecule has 2 unspecified atom stereocenters. The van der Waals surface area contributed by atoms with E-state index < -0.39 is 11.6 Å². The van der Waals surface area contributed by atoms with Gasteiger partial charge in [0.05, 0.1) is 17.3 Å². The predicted molar refractivity (Wildman–Crippen MR) is 136 cm³/mol. The Morgan fingerprint density at radius 1 is 0.971 bits per heavy atom. The highest BCUT2D eigenvalue weighted by atomic mass is 16.5. The Morgan fingerprint density at radius 2 is 1.62 bits per heavy atom. The number of aliphatic carboxylic acids is 1. The summed E-state index contributed by atoms with van der Waals surface area (Å²) < 4.78 is 6.69. The molecule has 0 aromatic rings. The number of rotatable bonds is 6. The van der Waals surface area contributed by atoms with Crippen LogP contribution in [-0.2, 0) is 9.53 Å². The van der Waals surface area contributed by atoms with E-state index in [-0.39, 0.29) is 34.4 Å². The van der Waals surface area contributed by atoms with E-state index in [0.29, 0.717) is 23.7 Å². The van der Waals surface area contributed by atoms with Gasteiger partial charge in [-0.05, 0) is 125 Å². The summed E-state index contributed by atoms with van der Waals surface area (Å²) in [5.74, 6) is 1.42. The second-order valence-corrected chi connectivity index (χ2v) is 14.2. The van der Waals surface area contributed by atoms with Gasteiger partial charge in [0.1, 0.15) is 0 Å². The number of ether oxygens (including phenoxy) is 1. The Morgan fingerprint density at radius 3 is 2.18 bits per heavy atom. The number of carboxylic acid groups (broad SMARTS) is 1. The molecule has 34 heavy (non-hydrogen) atoms. The summed E-state index contributed by atoms with van der Waals surface area (Å²) in [6, 6.07) is 0. The molecule has 0 bridgehead atoms. The number of carbonyl (C=O) groups is 1. The fourth-order valence-electron chi connectivity index (χ4n) is 10.0. The van der Waals surface area contributed by atoms with E-state index in [2.05, 4.69) is 41.2 Å². The van der Waals surface area contributed by atoms with Crippen LogP contribution in [0.1, 0.15) is 113 Å². The minimum Gasteiger partial charge on any atom is -0.481 e. The average molecular weight is 475 g/mol. The lowest BCUT2D eigenvalue weighted by Gasteiger charge is -2.66. The van der Waals surface area contributed by atoms with E-state index in [1.54, 1.807) is 0 Å². The van der Waals surface area contributed by atoms with Crippen molar-refractivity contribution in [3.8, 4) is 0 Å². The van der Waals surface area contributed by atoms with Gasteiger partial charge in [-0.1, -0.05) is 32.9 Å². The smallest absolute Gasteiger partial charge is 0.303 e. The minimum absolute atomic E-state index is 0.0109. The molecule has 4 nitrogen and oxygen atoms in total. The van der Waals surface area contributed by atoms with E-state index >= 15 is 0 Å². The molecule has 1 saturated heterocycles. The summed E-state index contributed by atoms with van der Waals surface area (Å²) in [5.41, 5.74) is 0.714. The SMILES string of the molecule is C=C(C)[C@@H]1CC[C@]2(C)[C@H](CC[C@@H]3[C@@H](C4(C)CCC(C(C)(C)O)O4)CC[C@]32C)[C@@]1(C)CCC(=O)O. The van der Waals surface area contributed by atoms with Crippen LogP contribution in [0.15, 0.2) is 12.2 Å². The maximum atomic E-state index is 11.6. The first-order chi connectivity index (χ1) is 15.6. The Kier molecular flexibility index (Phi) is 6.42. The van der Waals surface area contributed by atoms with E-state index in [4.69, 9.17) is 4.74 Å². The van der Waals surface area contributed by atoms with Gasteiger partial charge >= 0.3 is 5.97 Å². The molecule has 4 heteroatoms. The Bertz CT molecular complexity index is 828. The first-order valence-electron chi connectivity index (χ1n) is 13.9. The molecule has 4 fully saturated rings. The quantitative estimate of drug-likeness (QED) is 0.407. The zero-order chi connectivity index (χ0) is 25.3. The summed E-state index contributed by atoms with van der Waals surface area (Å²) in [6.45, 7) is 20.1. The van der Waals surface area contributed by atoms with Gasteiger partial charge < -0.3 is 14.9 Å². The molecule has 0 spiro atoms. The normalized spacial score (nSPS) is 48.9. The molecule has 3 saturated carbocycles. The molecule has 0 aromatic heterocycles. The van der Waals surface area contributed by atoms with Crippen molar-refractivity contribution in [2.75, 3.05) is 0 Å². The molecule has 1 aliphatic heterocycles. The highest BCUT2D eigenvalue weighted by molar-refractivity contribution is 5.66. The number of fused-ring (bicyclic) bond motifs is 3. The monoisotopic (exact) mass is 474 g/mol. The van der Waals surface area contributed by atoms with Crippen LogP contribution in [0.3, 0.4) is 0 Å². The van der Waals surface area contributed by atoms with Crippen LogP contribution in [0.4, 0.5) is 0 Å². The lowest BCUT2D eigenvalue weighted by molar-refractivity contribution is -0.187. The first kappa shape index (κ1) is 26.2. The first-order valence-corrected chi connectivity index (χ1v) is 13.9. The van der Waals surface area contributed by atoms with Crippen molar-refractivity contribution in [3.63, 3.8) is 0 Å². The lowest BCUT2D eigenvalue weighted by atomic mass is 9.38. The second-order valence-electron chi connectivity index (χ2n) is 14.2. The van der Waals surface area contributed by atoms with Crippen molar-refractivity contribution in [1.29, 1.82) is 0 Å². The van der Waals surface area contributed by atoms with Crippen LogP contribution < -0.4 is 0 Å². The van der Waals surface area contributed by atoms with E-state index in [1.165, 1.54) is 37.7 Å². The highest BCUT2D eigenvalue weighted by Gasteiger charge is 2.68. The van der Waals surface area contributed by atoms with Gasteiger partial charge in [-0.25, -0.2) is 0 Å². The van der Waals surface area contributed by atoms with Crippen molar-refractivity contribution in [1.82, 2.24) is 0 Å². The van der Waals surface area contributed by atoms with Crippen LogP contribution in [0, 0.1) is 39.9 Å². The summed E-state index contributed by atoms with van der Waals surface area (Å²) in [4.78, 5) is 11.6. The molecule has 4 rings (SSSR count). The van der Waals surface area contributed by atoms with E-state index in [9.17, 15) is 15.0 Å². The molecule has 3 aliphatic carbocycles. The molecular weight excluding hydrogens is 424 g/mol. The molecule has 9 atom stereocenters. The van der Waals surface area contributed by atoms with Crippen molar-refractivity contribution in [2.24, 2.45) is 39.9 Å². The lowest BCUT2D eigenvalue weighted by Crippen LogP contribution is -2.60. The Balaban J connectivity index is 1.64. The molecule has 2 N–H and O–H groups in total. The number of aliphatic hydroxyl groups is 1. The van der Waals surface area contributed by atoms with Gasteiger partial charge in [0.25, 0.3) is 0 Å². The standard InChI is InChI=1S/C30H50O4/c1-19(2)20-11-17-29(7)23(27(20,5)15-14-25(31)32)10-9-21-22(12-16-28(21,29)6)30(8)18-13-24(34-30)26(3,4)33/h20-24,33H,1,9-18H2,2-8H3,(H,31,32)/t20-,21+,22-,23+,24?,27-,28+,29+,30?/m0/s1. The van der Waals surface area contributed by atoms with Gasteiger partial charge in [-0.2, -0.15) is 0 Å². The third kappa shape index (κ3) is 3.81. The van der Waals surface area contributed by atoms with Crippen molar-refractivity contribution in [2.45, 2.75) is 130 Å². The van der Waals surface area contributed by atoms with Crippen LogP contribution in [0.25, 0.3) is 0 Å². The molecule has 194 valence electrons. The van der Waals surface area contributed by atoms with E-state index in [1.807, 2.05) is 13.8 Å². The summed E-state index contributed by atoms with van der Waals surface area (Å²) >= 11 is 0. The summed E-state index contributed by atoms with van der Waals surface area (Å²) in [5, 5.41) is 20.2. The fraction of sp³-hybridized carbons (Fsp3) is 0.900. The van der Waals surface area contributed by atoms with Crippen LogP contribution in [-0.4, -0.2) is 33.5 Å². The molecule has 4 aliphatic rings. The van der Waals surface area contributed by atoms with Crippen molar-refractivity contribution >= 4 is 5.97 Å². The average Bonchev–Trinajstić information content (AvgIpc) is 3.29. The Hall–Kier alpha value is -0.870. The largest absolute Gasteiger partial charge is 0.481 e. The van der Waals surface area contributed by atoms with Crippen LogP contribution in [0.5, 0.6) is 0 Å². The van der Waals surface area contributed by atoms with Gasteiger partial charge in [0.2, 0.25) is 0 Å². The van der Waals surface area contributed by atoms with Gasteiger partial charge in [-0.3, -0.25) is 4.79 Å².